The highest BCUT2D eigenvalue weighted by atomic mass is 16.4. The Kier molecular flexibility index (Phi) is 3.38. The molecule has 1 N–H and O–H groups in total. The highest BCUT2D eigenvalue weighted by molar-refractivity contribution is 6.04. The fourth-order valence-corrected chi connectivity index (χ4v) is 2.18. The highest BCUT2D eigenvalue weighted by Crippen LogP contribution is 2.27. The first kappa shape index (κ1) is 13.3. The molecule has 0 aliphatic rings. The van der Waals surface area contributed by atoms with E-state index < -0.39 is 11.4 Å². The van der Waals surface area contributed by atoms with Gasteiger partial charge in [-0.1, -0.05) is 50.2 Å². The van der Waals surface area contributed by atoms with Crippen molar-refractivity contribution in [2.24, 2.45) is 5.41 Å². The zero-order valence-electron chi connectivity index (χ0n) is 11.0. The average Bonchev–Trinajstić information content (AvgIpc) is 2.35. The molecule has 19 heavy (non-hydrogen) atoms. The second-order valence-electron chi connectivity index (χ2n) is 5.35. The predicted octanol–water partition coefficient (Wildman–Crippen LogP) is 3.52. The molecule has 0 aromatic heterocycles. The van der Waals surface area contributed by atoms with Crippen molar-refractivity contribution in [1.82, 2.24) is 0 Å². The molecule has 0 aliphatic carbocycles. The Morgan fingerprint density at radius 3 is 2.32 bits per heavy atom. The van der Waals surface area contributed by atoms with Crippen LogP contribution >= 0.6 is 0 Å². The van der Waals surface area contributed by atoms with Gasteiger partial charge < -0.3 is 5.11 Å². The second-order valence-corrected chi connectivity index (χ2v) is 5.35. The molecular weight excluding hydrogens is 240 g/mol. The number of carbonyl (C=O) groups excluding carboxylic acids is 1. The molecule has 2 aromatic carbocycles. The first-order chi connectivity index (χ1) is 8.90. The number of ketones is 1. The van der Waals surface area contributed by atoms with Crippen LogP contribution in [-0.2, 0) is 4.79 Å². The van der Waals surface area contributed by atoms with Crippen LogP contribution in [0.25, 0.3) is 10.8 Å². The number of Topliss-reactive ketones (excluding diaryl/α,β-unsaturated/α-hetero) is 1. The van der Waals surface area contributed by atoms with Crippen molar-refractivity contribution in [1.29, 1.82) is 0 Å². The Morgan fingerprint density at radius 1 is 1.05 bits per heavy atom. The van der Waals surface area contributed by atoms with Gasteiger partial charge in [-0.2, -0.15) is 0 Å². The summed E-state index contributed by atoms with van der Waals surface area (Å²) in [5, 5.41) is 10.9. The minimum Gasteiger partial charge on any atom is -0.481 e. The van der Waals surface area contributed by atoms with E-state index >= 15 is 0 Å². The second kappa shape index (κ2) is 4.84. The molecule has 0 saturated carbocycles. The third-order valence-electron chi connectivity index (χ3n) is 3.22. The van der Waals surface area contributed by atoms with Gasteiger partial charge in [0.2, 0.25) is 0 Å². The van der Waals surface area contributed by atoms with E-state index in [4.69, 9.17) is 5.11 Å². The summed E-state index contributed by atoms with van der Waals surface area (Å²) in [6, 6.07) is 13.2. The van der Waals surface area contributed by atoms with Crippen LogP contribution in [0.4, 0.5) is 0 Å². The summed E-state index contributed by atoms with van der Waals surface area (Å²) in [4.78, 5) is 23.2. The first-order valence-electron chi connectivity index (χ1n) is 6.15. The molecule has 0 atom stereocenters. The molecule has 3 heteroatoms. The predicted molar refractivity (Wildman–Crippen MR) is 74.3 cm³/mol. The van der Waals surface area contributed by atoms with Crippen LogP contribution < -0.4 is 0 Å². The maximum atomic E-state index is 12.4. The molecule has 0 amide bonds. The van der Waals surface area contributed by atoms with Crippen molar-refractivity contribution in [3.63, 3.8) is 0 Å². The van der Waals surface area contributed by atoms with Gasteiger partial charge in [-0.3, -0.25) is 9.59 Å². The number of aliphatic carboxylic acids is 1. The molecule has 0 fully saturated rings. The van der Waals surface area contributed by atoms with E-state index in [0.29, 0.717) is 5.56 Å². The van der Waals surface area contributed by atoms with Gasteiger partial charge in [-0.15, -0.1) is 0 Å². The van der Waals surface area contributed by atoms with Gasteiger partial charge in [0.1, 0.15) is 0 Å². The lowest BCUT2D eigenvalue weighted by atomic mass is 9.81. The minimum atomic E-state index is -0.959. The van der Waals surface area contributed by atoms with Crippen molar-refractivity contribution in [2.75, 3.05) is 0 Å². The maximum absolute atomic E-state index is 12.4. The van der Waals surface area contributed by atoms with Crippen molar-refractivity contribution in [3.05, 3.63) is 48.0 Å². The molecule has 3 nitrogen and oxygen atoms in total. The smallest absolute Gasteiger partial charge is 0.304 e. The third-order valence-corrected chi connectivity index (χ3v) is 3.22. The van der Waals surface area contributed by atoms with Crippen LogP contribution in [0.5, 0.6) is 0 Å². The zero-order valence-corrected chi connectivity index (χ0v) is 11.0. The lowest BCUT2D eigenvalue weighted by Gasteiger charge is -2.20. The maximum Gasteiger partial charge on any atom is 0.304 e. The minimum absolute atomic E-state index is 0.138. The summed E-state index contributed by atoms with van der Waals surface area (Å²) < 4.78 is 0. The summed E-state index contributed by atoms with van der Waals surface area (Å²) >= 11 is 0. The molecular formula is C16H16O3. The average molecular weight is 256 g/mol. The molecule has 2 rings (SSSR count). The standard InChI is InChI=1S/C16H16O3/c1-16(2,10-14(17)18)15(19)13-8-7-11-5-3-4-6-12(11)9-13/h3-9H,10H2,1-2H3,(H,17,18). The Hall–Kier alpha value is -2.16. The van der Waals surface area contributed by atoms with Crippen molar-refractivity contribution >= 4 is 22.5 Å². The van der Waals surface area contributed by atoms with Crippen molar-refractivity contribution in [3.8, 4) is 0 Å². The van der Waals surface area contributed by atoms with Crippen LogP contribution in [0.1, 0.15) is 30.6 Å². The molecule has 0 bridgehead atoms. The molecule has 0 saturated heterocycles. The molecule has 98 valence electrons. The van der Waals surface area contributed by atoms with E-state index in [1.54, 1.807) is 19.9 Å². The van der Waals surface area contributed by atoms with Crippen molar-refractivity contribution < 1.29 is 14.7 Å². The van der Waals surface area contributed by atoms with Gasteiger partial charge in [0.25, 0.3) is 0 Å². The number of hydrogen-bond acceptors (Lipinski definition) is 2. The third kappa shape index (κ3) is 2.81. The van der Waals surface area contributed by atoms with E-state index in [9.17, 15) is 9.59 Å². The van der Waals surface area contributed by atoms with Gasteiger partial charge in [-0.25, -0.2) is 0 Å². The number of carbonyl (C=O) groups is 2. The molecule has 0 radical (unpaired) electrons. The normalized spacial score (nSPS) is 11.5. The summed E-state index contributed by atoms with van der Waals surface area (Å²) in [5.41, 5.74) is -0.334. The quantitative estimate of drug-likeness (QED) is 0.851. The summed E-state index contributed by atoms with van der Waals surface area (Å²) in [6.07, 6.45) is -0.168. The van der Waals surface area contributed by atoms with Gasteiger partial charge in [0.15, 0.2) is 5.78 Å². The van der Waals surface area contributed by atoms with Crippen LogP contribution in [0.15, 0.2) is 42.5 Å². The monoisotopic (exact) mass is 256 g/mol. The highest BCUT2D eigenvalue weighted by Gasteiger charge is 2.31. The number of fused-ring (bicyclic) bond motifs is 1. The Labute approximate surface area is 111 Å². The summed E-state index contributed by atoms with van der Waals surface area (Å²) in [6.45, 7) is 3.33. The molecule has 0 spiro atoms. The van der Waals surface area contributed by atoms with Gasteiger partial charge in [0, 0.05) is 11.0 Å². The molecule has 0 heterocycles. The van der Waals surface area contributed by atoms with Crippen LogP contribution in [0.3, 0.4) is 0 Å². The lowest BCUT2D eigenvalue weighted by Crippen LogP contribution is -2.27. The fourth-order valence-electron chi connectivity index (χ4n) is 2.18. The van der Waals surface area contributed by atoms with Gasteiger partial charge >= 0.3 is 5.97 Å². The van der Waals surface area contributed by atoms with Crippen molar-refractivity contribution in [2.45, 2.75) is 20.3 Å². The molecule has 2 aromatic rings. The Bertz CT molecular complexity index is 641. The summed E-state index contributed by atoms with van der Waals surface area (Å²) in [7, 11) is 0. The van der Waals surface area contributed by atoms with E-state index in [1.807, 2.05) is 36.4 Å². The topological polar surface area (TPSA) is 54.4 Å². The number of benzene rings is 2. The number of carboxylic acids is 1. The fraction of sp³-hybridized carbons (Fsp3) is 0.250. The van der Waals surface area contributed by atoms with E-state index in [1.165, 1.54) is 0 Å². The van der Waals surface area contributed by atoms with Crippen LogP contribution in [0.2, 0.25) is 0 Å². The molecule has 0 aliphatic heterocycles. The SMILES string of the molecule is CC(C)(CC(=O)O)C(=O)c1ccc2ccccc2c1. The largest absolute Gasteiger partial charge is 0.481 e. The van der Waals surface area contributed by atoms with Gasteiger partial charge in [-0.05, 0) is 16.8 Å². The Morgan fingerprint density at radius 2 is 1.68 bits per heavy atom. The van der Waals surface area contributed by atoms with Gasteiger partial charge in [0.05, 0.1) is 6.42 Å². The summed E-state index contributed by atoms with van der Waals surface area (Å²) in [5.74, 6) is -1.10. The van der Waals surface area contributed by atoms with Crippen LogP contribution in [-0.4, -0.2) is 16.9 Å². The zero-order chi connectivity index (χ0) is 14.0. The van der Waals surface area contributed by atoms with E-state index in [2.05, 4.69) is 0 Å². The van der Waals surface area contributed by atoms with Crippen LogP contribution in [0, 0.1) is 5.41 Å². The number of carboxylic acid groups (broad SMARTS) is 1. The number of rotatable bonds is 4. The first-order valence-corrected chi connectivity index (χ1v) is 6.15. The van der Waals surface area contributed by atoms with E-state index in [0.717, 1.165) is 10.8 Å². The molecule has 0 unspecified atom stereocenters. The Balaban J connectivity index is 2.38. The van der Waals surface area contributed by atoms with E-state index in [-0.39, 0.29) is 12.2 Å². The lowest BCUT2D eigenvalue weighted by molar-refractivity contribution is -0.138. The number of hydrogen-bond donors (Lipinski definition) is 1.